The summed E-state index contributed by atoms with van der Waals surface area (Å²) in [6.07, 6.45) is 4.29. The van der Waals surface area contributed by atoms with Gasteiger partial charge in [0.2, 0.25) is 0 Å². The molecule has 70 valence electrons. The summed E-state index contributed by atoms with van der Waals surface area (Å²) < 4.78 is 0. The zero-order valence-corrected chi connectivity index (χ0v) is 8.89. The lowest BCUT2D eigenvalue weighted by molar-refractivity contribution is 1.41. The van der Waals surface area contributed by atoms with Crippen molar-refractivity contribution in [2.45, 2.75) is 12.7 Å². The fourth-order valence-electron chi connectivity index (χ4n) is 1.10. The van der Waals surface area contributed by atoms with Gasteiger partial charge in [-0.05, 0) is 12.5 Å². The maximum absolute atomic E-state index is 4.15. The highest BCUT2D eigenvalue weighted by molar-refractivity contribution is 8.13. The van der Waals surface area contributed by atoms with E-state index in [4.69, 9.17) is 0 Å². The van der Waals surface area contributed by atoms with Crippen LogP contribution in [0.5, 0.6) is 0 Å². The van der Waals surface area contributed by atoms with E-state index in [1.54, 1.807) is 0 Å². The molecule has 13 heavy (non-hydrogen) atoms. The molecule has 0 amide bonds. The van der Waals surface area contributed by atoms with Gasteiger partial charge < -0.3 is 0 Å². The molecular formula is C12H16S. The van der Waals surface area contributed by atoms with E-state index in [0.717, 1.165) is 11.5 Å². The van der Waals surface area contributed by atoms with E-state index in [2.05, 4.69) is 55.3 Å². The molecule has 1 aromatic carbocycles. The maximum Gasteiger partial charge on any atom is 0.0132 e. The van der Waals surface area contributed by atoms with Crippen LogP contribution in [0.4, 0.5) is 0 Å². The second-order valence-electron chi connectivity index (χ2n) is 2.98. The molecule has 0 aromatic heterocycles. The van der Waals surface area contributed by atoms with Gasteiger partial charge in [-0.3, -0.25) is 0 Å². The molecule has 0 aliphatic rings. The Hall–Kier alpha value is -0.820. The van der Waals surface area contributed by atoms with E-state index in [-0.39, 0.29) is 10.5 Å². The first-order valence-electron chi connectivity index (χ1n) is 4.45. The molecule has 0 saturated heterocycles. The molecule has 0 aliphatic heterocycles. The third-order valence-electron chi connectivity index (χ3n) is 1.78. The van der Waals surface area contributed by atoms with Crippen LogP contribution in [-0.2, 0) is 5.75 Å². The van der Waals surface area contributed by atoms with Crippen molar-refractivity contribution in [2.75, 3.05) is 5.75 Å². The summed E-state index contributed by atoms with van der Waals surface area (Å²) in [6.45, 7) is 2.06. The molecule has 0 aliphatic carbocycles. The monoisotopic (exact) mass is 192 g/mol. The van der Waals surface area contributed by atoms with Crippen LogP contribution >= 0.6 is 10.5 Å². The van der Waals surface area contributed by atoms with Crippen LogP contribution < -0.4 is 0 Å². The Morgan fingerprint density at radius 2 is 2.00 bits per heavy atom. The Balaban J connectivity index is 2.46. The van der Waals surface area contributed by atoms with Crippen LogP contribution in [0, 0.1) is 0 Å². The second kappa shape index (κ2) is 5.76. The van der Waals surface area contributed by atoms with E-state index in [9.17, 15) is 0 Å². The standard InChI is InChI=1S/C12H16S/c1-3-4-10-13(2)11-12-8-6-5-7-9-12/h3-9H,2,10-11H2,1H3/b4-3+. The first-order valence-corrected chi connectivity index (χ1v) is 6.18. The number of benzene rings is 1. The minimum atomic E-state index is 0.242. The average Bonchev–Trinajstić information content (AvgIpc) is 2.16. The smallest absolute Gasteiger partial charge is 0.0132 e. The van der Waals surface area contributed by atoms with Gasteiger partial charge in [0.15, 0.2) is 0 Å². The van der Waals surface area contributed by atoms with E-state index in [0.29, 0.717) is 0 Å². The van der Waals surface area contributed by atoms with E-state index < -0.39 is 0 Å². The van der Waals surface area contributed by atoms with E-state index >= 15 is 0 Å². The summed E-state index contributed by atoms with van der Waals surface area (Å²) in [4.78, 5) is 0. The maximum atomic E-state index is 4.15. The van der Waals surface area contributed by atoms with Crippen LogP contribution in [-0.4, -0.2) is 11.6 Å². The molecule has 1 atom stereocenters. The van der Waals surface area contributed by atoms with E-state index in [1.165, 1.54) is 5.56 Å². The van der Waals surface area contributed by atoms with Gasteiger partial charge in [-0.1, -0.05) is 48.4 Å². The molecule has 1 aromatic rings. The average molecular weight is 192 g/mol. The molecular weight excluding hydrogens is 176 g/mol. The summed E-state index contributed by atoms with van der Waals surface area (Å²) in [5.41, 5.74) is 1.39. The van der Waals surface area contributed by atoms with Crippen molar-refractivity contribution in [3.63, 3.8) is 0 Å². The quantitative estimate of drug-likeness (QED) is 0.506. The fraction of sp³-hybridized carbons (Fsp3) is 0.250. The van der Waals surface area contributed by atoms with Crippen LogP contribution in [0.2, 0.25) is 0 Å². The zero-order chi connectivity index (χ0) is 9.52. The number of rotatable bonds is 4. The van der Waals surface area contributed by atoms with Crippen molar-refractivity contribution in [1.82, 2.24) is 0 Å². The van der Waals surface area contributed by atoms with Crippen molar-refractivity contribution < 1.29 is 0 Å². The van der Waals surface area contributed by atoms with Gasteiger partial charge >= 0.3 is 0 Å². The minimum absolute atomic E-state index is 0.242. The van der Waals surface area contributed by atoms with Crippen LogP contribution in [0.15, 0.2) is 42.5 Å². The molecule has 0 saturated carbocycles. The predicted octanol–water partition coefficient (Wildman–Crippen LogP) is 3.46. The van der Waals surface area contributed by atoms with Crippen molar-refractivity contribution in [2.24, 2.45) is 0 Å². The van der Waals surface area contributed by atoms with E-state index in [1.807, 2.05) is 0 Å². The molecule has 0 N–H and O–H groups in total. The van der Waals surface area contributed by atoms with Crippen molar-refractivity contribution in [3.8, 4) is 0 Å². The summed E-state index contributed by atoms with van der Waals surface area (Å²) >= 11 is 0. The van der Waals surface area contributed by atoms with Gasteiger partial charge in [-0.25, -0.2) is 0 Å². The second-order valence-corrected chi connectivity index (χ2v) is 4.82. The summed E-state index contributed by atoms with van der Waals surface area (Å²) in [7, 11) is 0.242. The Bertz CT molecular complexity index is 285. The Labute approximate surface area is 83.2 Å². The molecule has 0 nitrogen and oxygen atoms in total. The lowest BCUT2D eigenvalue weighted by Crippen LogP contribution is -1.83. The summed E-state index contributed by atoms with van der Waals surface area (Å²) in [6, 6.07) is 10.6. The van der Waals surface area contributed by atoms with Gasteiger partial charge in [0.25, 0.3) is 0 Å². The molecule has 1 rings (SSSR count). The lowest BCUT2D eigenvalue weighted by Gasteiger charge is -2.03. The highest BCUT2D eigenvalue weighted by atomic mass is 32.2. The SMILES string of the molecule is C=S(C/C=C/C)Cc1ccccc1. The topological polar surface area (TPSA) is 0 Å². The summed E-state index contributed by atoms with van der Waals surface area (Å²) in [5, 5.41) is 0. The minimum Gasteiger partial charge on any atom is -0.185 e. The first kappa shape index (κ1) is 10.3. The van der Waals surface area contributed by atoms with Crippen LogP contribution in [0.3, 0.4) is 0 Å². The third kappa shape index (κ3) is 4.09. The summed E-state index contributed by atoms with van der Waals surface area (Å²) in [5.74, 6) is 6.35. The Morgan fingerprint density at radius 3 is 2.62 bits per heavy atom. The highest BCUT2D eigenvalue weighted by Gasteiger charge is 1.92. The fourth-order valence-corrected chi connectivity index (χ4v) is 2.35. The van der Waals surface area contributed by atoms with Crippen LogP contribution in [0.25, 0.3) is 0 Å². The largest absolute Gasteiger partial charge is 0.185 e. The lowest BCUT2D eigenvalue weighted by atomic mass is 10.2. The van der Waals surface area contributed by atoms with Gasteiger partial charge in [-0.15, -0.1) is 0 Å². The van der Waals surface area contributed by atoms with Gasteiger partial charge in [0.05, 0.1) is 0 Å². The number of hydrogen-bond donors (Lipinski definition) is 0. The highest BCUT2D eigenvalue weighted by Crippen LogP contribution is 2.17. The molecule has 1 unspecified atom stereocenters. The predicted molar refractivity (Wildman–Crippen MR) is 64.5 cm³/mol. The number of hydrogen-bond acceptors (Lipinski definition) is 0. The zero-order valence-electron chi connectivity index (χ0n) is 8.07. The van der Waals surface area contributed by atoms with Gasteiger partial charge in [0.1, 0.15) is 0 Å². The molecule has 1 heteroatoms. The molecule has 0 bridgehead atoms. The Kier molecular flexibility index (Phi) is 4.55. The van der Waals surface area contributed by atoms with Crippen molar-refractivity contribution in [1.29, 1.82) is 0 Å². The normalized spacial score (nSPS) is 13.3. The molecule has 0 fully saturated rings. The molecule has 0 spiro atoms. The van der Waals surface area contributed by atoms with Gasteiger partial charge in [0, 0.05) is 11.5 Å². The first-order chi connectivity index (χ1) is 6.33. The number of allylic oxidation sites excluding steroid dienone is 1. The molecule has 0 radical (unpaired) electrons. The third-order valence-corrected chi connectivity index (χ3v) is 3.19. The Morgan fingerprint density at radius 1 is 1.31 bits per heavy atom. The van der Waals surface area contributed by atoms with Crippen molar-refractivity contribution >= 4 is 16.4 Å². The van der Waals surface area contributed by atoms with Crippen LogP contribution in [0.1, 0.15) is 12.5 Å². The van der Waals surface area contributed by atoms with Gasteiger partial charge in [-0.2, -0.15) is 10.5 Å². The molecule has 0 heterocycles. The van der Waals surface area contributed by atoms with Crippen molar-refractivity contribution in [3.05, 3.63) is 48.0 Å².